The van der Waals surface area contributed by atoms with Crippen LogP contribution in [0.3, 0.4) is 0 Å². The average Bonchev–Trinajstić information content (AvgIpc) is 2.51. The molecule has 2 rings (SSSR count). The molecule has 0 bridgehead atoms. The molecule has 0 heterocycles. The lowest BCUT2D eigenvalue weighted by Gasteiger charge is -2.08. The van der Waals surface area contributed by atoms with Crippen LogP contribution in [0.2, 0.25) is 0 Å². The van der Waals surface area contributed by atoms with Crippen LogP contribution in [0.1, 0.15) is 12.0 Å². The molecule has 120 valence electrons. The highest BCUT2D eigenvalue weighted by Crippen LogP contribution is 2.25. The number of nitrogens with one attached hydrogen (secondary N) is 1. The molecular formula is C16H15FN2O3S. The number of benzene rings is 2. The molecule has 0 aliphatic heterocycles. The molecule has 1 N–H and O–H groups in total. The lowest BCUT2D eigenvalue weighted by Crippen LogP contribution is -2.13. The van der Waals surface area contributed by atoms with Gasteiger partial charge in [0.05, 0.1) is 16.2 Å². The van der Waals surface area contributed by atoms with Crippen molar-refractivity contribution in [3.63, 3.8) is 0 Å². The fraction of sp³-hybridized carbons (Fsp3) is 0.188. The molecule has 0 aliphatic rings. The second-order valence-electron chi connectivity index (χ2n) is 4.81. The molecule has 5 nitrogen and oxygen atoms in total. The van der Waals surface area contributed by atoms with Crippen molar-refractivity contribution >= 4 is 29.0 Å². The van der Waals surface area contributed by atoms with Crippen molar-refractivity contribution in [2.45, 2.75) is 18.2 Å². The monoisotopic (exact) mass is 334 g/mol. The van der Waals surface area contributed by atoms with Crippen molar-refractivity contribution in [3.05, 3.63) is 64.0 Å². The quantitative estimate of drug-likeness (QED) is 0.489. The van der Waals surface area contributed by atoms with Gasteiger partial charge in [-0.1, -0.05) is 6.07 Å². The molecule has 0 atom stereocenters. The second kappa shape index (κ2) is 7.73. The maximum atomic E-state index is 12.8. The first-order valence-electron chi connectivity index (χ1n) is 6.89. The van der Waals surface area contributed by atoms with Gasteiger partial charge in [0, 0.05) is 23.1 Å². The minimum Gasteiger partial charge on any atom is -0.326 e. The Morgan fingerprint density at radius 2 is 1.96 bits per heavy atom. The number of nitro benzene ring substituents is 1. The summed E-state index contributed by atoms with van der Waals surface area (Å²) in [5, 5.41) is 13.6. The van der Waals surface area contributed by atoms with E-state index in [2.05, 4.69) is 5.32 Å². The fourth-order valence-electron chi connectivity index (χ4n) is 1.96. The minimum absolute atomic E-state index is 0.0245. The van der Waals surface area contributed by atoms with Crippen LogP contribution in [-0.2, 0) is 4.79 Å². The van der Waals surface area contributed by atoms with Crippen LogP contribution >= 0.6 is 11.8 Å². The standard InChI is InChI=1S/C16H15FN2O3S/c1-11-14(3-2-4-15(11)19(21)22)18-16(20)9-10-23-13-7-5-12(17)6-8-13/h2-8H,9-10H2,1H3,(H,18,20). The average molecular weight is 334 g/mol. The fourth-order valence-corrected chi connectivity index (χ4v) is 2.81. The molecule has 0 fully saturated rings. The number of thioether (sulfide) groups is 1. The molecule has 0 saturated heterocycles. The molecule has 0 radical (unpaired) electrons. The van der Waals surface area contributed by atoms with Gasteiger partial charge in [0.15, 0.2) is 0 Å². The number of hydrogen-bond acceptors (Lipinski definition) is 4. The van der Waals surface area contributed by atoms with Gasteiger partial charge in [0.2, 0.25) is 5.91 Å². The number of halogens is 1. The van der Waals surface area contributed by atoms with Crippen molar-refractivity contribution in [1.82, 2.24) is 0 Å². The van der Waals surface area contributed by atoms with E-state index in [-0.39, 0.29) is 23.8 Å². The van der Waals surface area contributed by atoms with Gasteiger partial charge in [-0.05, 0) is 37.3 Å². The SMILES string of the molecule is Cc1c(NC(=O)CCSc2ccc(F)cc2)cccc1[N+](=O)[O-]. The number of hydrogen-bond donors (Lipinski definition) is 1. The van der Waals surface area contributed by atoms with Crippen LogP contribution < -0.4 is 5.32 Å². The van der Waals surface area contributed by atoms with Crippen LogP contribution in [0, 0.1) is 22.9 Å². The molecule has 2 aromatic rings. The molecular weight excluding hydrogens is 319 g/mol. The zero-order chi connectivity index (χ0) is 16.8. The Labute approximate surface area is 137 Å². The minimum atomic E-state index is -0.477. The molecule has 0 saturated carbocycles. The Morgan fingerprint density at radius 3 is 2.61 bits per heavy atom. The summed E-state index contributed by atoms with van der Waals surface area (Å²) < 4.78 is 12.8. The molecule has 0 aliphatic carbocycles. The van der Waals surface area contributed by atoms with Gasteiger partial charge in [0.1, 0.15) is 5.82 Å². The van der Waals surface area contributed by atoms with Crippen LogP contribution in [0.15, 0.2) is 47.4 Å². The number of carbonyl (C=O) groups is 1. The molecule has 0 spiro atoms. The molecule has 7 heteroatoms. The number of carbonyl (C=O) groups excluding carboxylic acids is 1. The number of rotatable bonds is 6. The molecule has 0 aromatic heterocycles. The molecule has 0 unspecified atom stereocenters. The van der Waals surface area contributed by atoms with Crippen molar-refractivity contribution in [2.75, 3.05) is 11.1 Å². The zero-order valence-electron chi connectivity index (χ0n) is 12.4. The topological polar surface area (TPSA) is 72.2 Å². The first-order chi connectivity index (χ1) is 11.0. The number of anilines is 1. The van der Waals surface area contributed by atoms with Crippen LogP contribution in [0.4, 0.5) is 15.8 Å². The summed E-state index contributed by atoms with van der Waals surface area (Å²) in [5.74, 6) is 0.0160. The maximum absolute atomic E-state index is 12.8. The third-order valence-corrected chi connectivity index (χ3v) is 4.20. The third kappa shape index (κ3) is 4.79. The van der Waals surface area contributed by atoms with E-state index in [9.17, 15) is 19.3 Å². The summed E-state index contributed by atoms with van der Waals surface area (Å²) in [6, 6.07) is 10.6. The number of nitrogens with zero attached hydrogens (tertiary/aromatic N) is 1. The molecule has 1 amide bonds. The third-order valence-electron chi connectivity index (χ3n) is 3.19. The second-order valence-corrected chi connectivity index (χ2v) is 5.98. The number of nitro groups is 1. The van der Waals surface area contributed by atoms with E-state index < -0.39 is 4.92 Å². The Balaban J connectivity index is 1.89. The number of amides is 1. The first-order valence-corrected chi connectivity index (χ1v) is 7.88. The van der Waals surface area contributed by atoms with Gasteiger partial charge in [-0.2, -0.15) is 0 Å². The lowest BCUT2D eigenvalue weighted by atomic mass is 10.1. The predicted octanol–water partition coefficient (Wildman–Crippen LogP) is 4.16. The van der Waals surface area contributed by atoms with Crippen LogP contribution in [0.25, 0.3) is 0 Å². The van der Waals surface area contributed by atoms with Crippen molar-refractivity contribution < 1.29 is 14.1 Å². The van der Waals surface area contributed by atoms with Gasteiger partial charge in [-0.15, -0.1) is 11.8 Å². The normalized spacial score (nSPS) is 10.3. The van der Waals surface area contributed by atoms with Crippen molar-refractivity contribution in [1.29, 1.82) is 0 Å². The first kappa shape index (κ1) is 17.0. The summed E-state index contributed by atoms with van der Waals surface area (Å²) in [6.45, 7) is 1.60. The van der Waals surface area contributed by atoms with Crippen molar-refractivity contribution in [3.8, 4) is 0 Å². The van der Waals surface area contributed by atoms with Gasteiger partial charge in [-0.25, -0.2) is 4.39 Å². The van der Waals surface area contributed by atoms with E-state index in [0.29, 0.717) is 17.0 Å². The van der Waals surface area contributed by atoms with Crippen LogP contribution in [-0.4, -0.2) is 16.6 Å². The zero-order valence-corrected chi connectivity index (χ0v) is 13.2. The molecule has 2 aromatic carbocycles. The molecule has 23 heavy (non-hydrogen) atoms. The van der Waals surface area contributed by atoms with Gasteiger partial charge < -0.3 is 5.32 Å². The highest BCUT2D eigenvalue weighted by molar-refractivity contribution is 7.99. The summed E-state index contributed by atoms with van der Waals surface area (Å²) >= 11 is 1.44. The predicted molar refractivity (Wildman–Crippen MR) is 88.2 cm³/mol. The van der Waals surface area contributed by atoms with Gasteiger partial charge in [-0.3, -0.25) is 14.9 Å². The van der Waals surface area contributed by atoms with Crippen LogP contribution in [0.5, 0.6) is 0 Å². The highest BCUT2D eigenvalue weighted by atomic mass is 32.2. The lowest BCUT2D eigenvalue weighted by molar-refractivity contribution is -0.385. The van der Waals surface area contributed by atoms with Crippen molar-refractivity contribution in [2.24, 2.45) is 0 Å². The smallest absolute Gasteiger partial charge is 0.274 e. The largest absolute Gasteiger partial charge is 0.326 e. The summed E-state index contributed by atoms with van der Waals surface area (Å²) in [4.78, 5) is 23.2. The Morgan fingerprint density at radius 1 is 1.26 bits per heavy atom. The summed E-state index contributed by atoms with van der Waals surface area (Å²) in [7, 11) is 0. The maximum Gasteiger partial charge on any atom is 0.274 e. The Kier molecular flexibility index (Phi) is 5.70. The summed E-state index contributed by atoms with van der Waals surface area (Å²) in [6.07, 6.45) is 0.254. The van der Waals surface area contributed by atoms with E-state index in [1.807, 2.05) is 0 Å². The van der Waals surface area contributed by atoms with Gasteiger partial charge >= 0.3 is 0 Å². The van der Waals surface area contributed by atoms with E-state index in [0.717, 1.165) is 4.90 Å². The van der Waals surface area contributed by atoms with Gasteiger partial charge in [0.25, 0.3) is 5.69 Å². The Bertz CT molecular complexity index is 720. The van der Waals surface area contributed by atoms with E-state index >= 15 is 0 Å². The van der Waals surface area contributed by atoms with E-state index in [1.165, 1.54) is 36.0 Å². The summed E-state index contributed by atoms with van der Waals surface area (Å²) in [5.41, 5.74) is 0.844. The van der Waals surface area contributed by atoms with E-state index in [1.54, 1.807) is 25.1 Å². The Hall–Kier alpha value is -2.41. The van der Waals surface area contributed by atoms with E-state index in [4.69, 9.17) is 0 Å². The highest BCUT2D eigenvalue weighted by Gasteiger charge is 2.14.